The van der Waals surface area contributed by atoms with E-state index in [1.807, 2.05) is 13.0 Å². The van der Waals surface area contributed by atoms with Gasteiger partial charge in [0.1, 0.15) is 5.76 Å². The zero-order chi connectivity index (χ0) is 13.0. The van der Waals surface area contributed by atoms with E-state index in [0.29, 0.717) is 5.69 Å². The van der Waals surface area contributed by atoms with Gasteiger partial charge in [-0.05, 0) is 54.3 Å². The van der Waals surface area contributed by atoms with Crippen molar-refractivity contribution in [2.24, 2.45) is 0 Å². The average molecular weight is 311 g/mol. The van der Waals surface area contributed by atoms with Crippen LogP contribution >= 0.6 is 15.9 Å². The molecule has 0 bridgehead atoms. The summed E-state index contributed by atoms with van der Waals surface area (Å²) in [6.07, 6.45) is 7.29. The molecule has 0 atom stereocenters. The number of nitrogens with one attached hydrogen (secondary N) is 1. The van der Waals surface area contributed by atoms with Crippen molar-refractivity contribution in [1.29, 1.82) is 0 Å². The Kier molecular flexibility index (Phi) is 4.36. The van der Waals surface area contributed by atoms with Crippen LogP contribution in [0.25, 0.3) is 0 Å². The number of aryl methyl sites for hydroxylation is 1. The van der Waals surface area contributed by atoms with E-state index in [1.54, 1.807) is 12.3 Å². The molecule has 1 amide bonds. The van der Waals surface area contributed by atoms with Crippen LogP contribution in [0.15, 0.2) is 28.6 Å². The van der Waals surface area contributed by atoms with Crippen molar-refractivity contribution >= 4 is 27.7 Å². The fourth-order valence-corrected chi connectivity index (χ4v) is 2.12. The number of rotatable bonds is 2. The Morgan fingerprint density at radius 3 is 3.06 bits per heavy atom. The van der Waals surface area contributed by atoms with Crippen molar-refractivity contribution in [3.8, 4) is 0 Å². The first kappa shape index (κ1) is 13.1. The van der Waals surface area contributed by atoms with E-state index in [0.717, 1.165) is 35.2 Å². The molecule has 0 saturated carbocycles. The lowest BCUT2D eigenvalue weighted by Gasteiger charge is -2.14. The second-order valence-corrected chi connectivity index (χ2v) is 5.13. The fourth-order valence-electron chi connectivity index (χ4n) is 1.79. The molecule has 1 N–H and O–H groups in total. The minimum Gasteiger partial charge on any atom is -0.415 e. The number of allylic oxidation sites excluding steroid dienone is 2. The molecule has 18 heavy (non-hydrogen) atoms. The molecule has 0 aromatic carbocycles. The fraction of sp³-hybridized carbons (Fsp3) is 0.385. The van der Waals surface area contributed by atoms with Gasteiger partial charge in [0, 0.05) is 17.1 Å². The van der Waals surface area contributed by atoms with Crippen LogP contribution in [0.4, 0.5) is 10.5 Å². The standard InChI is InChI=1S/C13H15BrN2O2/c1-9-12(7-10(14)8-15-9)16-13(17)18-11-5-3-2-4-6-11/h5,7-8H,2-4,6H2,1H3,(H,16,17). The number of halogens is 1. The molecular weight excluding hydrogens is 296 g/mol. The molecule has 1 aromatic rings. The number of amides is 1. The van der Waals surface area contributed by atoms with Crippen LogP contribution in [-0.4, -0.2) is 11.1 Å². The summed E-state index contributed by atoms with van der Waals surface area (Å²) in [6, 6.07) is 1.80. The molecule has 1 aliphatic rings. The first-order valence-electron chi connectivity index (χ1n) is 5.95. The van der Waals surface area contributed by atoms with Crippen LogP contribution in [0.1, 0.15) is 31.4 Å². The number of anilines is 1. The van der Waals surface area contributed by atoms with Gasteiger partial charge in [0.25, 0.3) is 0 Å². The van der Waals surface area contributed by atoms with Gasteiger partial charge in [-0.2, -0.15) is 0 Å². The highest BCUT2D eigenvalue weighted by Gasteiger charge is 2.11. The largest absolute Gasteiger partial charge is 0.416 e. The molecule has 1 heterocycles. The van der Waals surface area contributed by atoms with E-state index in [4.69, 9.17) is 4.74 Å². The molecule has 2 rings (SSSR count). The van der Waals surface area contributed by atoms with Gasteiger partial charge in [-0.25, -0.2) is 4.79 Å². The topological polar surface area (TPSA) is 51.2 Å². The monoisotopic (exact) mass is 310 g/mol. The molecule has 5 heteroatoms. The Hall–Kier alpha value is -1.36. The number of nitrogens with zero attached hydrogens (tertiary/aromatic N) is 1. The lowest BCUT2D eigenvalue weighted by Crippen LogP contribution is -2.15. The predicted octanol–water partition coefficient (Wildman–Crippen LogP) is 4.16. The van der Waals surface area contributed by atoms with Gasteiger partial charge in [-0.3, -0.25) is 10.3 Å². The molecule has 96 valence electrons. The molecule has 0 unspecified atom stereocenters. The molecular formula is C13H15BrN2O2. The van der Waals surface area contributed by atoms with Gasteiger partial charge >= 0.3 is 6.09 Å². The van der Waals surface area contributed by atoms with Gasteiger partial charge < -0.3 is 4.74 Å². The molecule has 1 aliphatic carbocycles. The van der Waals surface area contributed by atoms with Crippen LogP contribution in [0.2, 0.25) is 0 Å². The van der Waals surface area contributed by atoms with Gasteiger partial charge in [0.05, 0.1) is 11.4 Å². The number of carbonyl (C=O) groups excluding carboxylic acids is 1. The Labute approximate surface area is 115 Å². The number of ether oxygens (including phenoxy) is 1. The van der Waals surface area contributed by atoms with E-state index >= 15 is 0 Å². The summed E-state index contributed by atoms with van der Waals surface area (Å²) in [5, 5.41) is 2.70. The first-order valence-corrected chi connectivity index (χ1v) is 6.74. The number of aromatic nitrogens is 1. The maximum absolute atomic E-state index is 11.7. The van der Waals surface area contributed by atoms with Crippen LogP contribution in [-0.2, 0) is 4.74 Å². The Morgan fingerprint density at radius 1 is 1.50 bits per heavy atom. The van der Waals surface area contributed by atoms with Crippen LogP contribution in [0.3, 0.4) is 0 Å². The van der Waals surface area contributed by atoms with E-state index in [1.165, 1.54) is 6.42 Å². The zero-order valence-corrected chi connectivity index (χ0v) is 11.8. The van der Waals surface area contributed by atoms with Crippen molar-refractivity contribution in [3.05, 3.63) is 34.3 Å². The van der Waals surface area contributed by atoms with Crippen LogP contribution < -0.4 is 5.32 Å². The zero-order valence-electron chi connectivity index (χ0n) is 10.2. The SMILES string of the molecule is Cc1ncc(Br)cc1NC(=O)OC1=CCCCC1. The molecule has 0 fully saturated rings. The third kappa shape index (κ3) is 3.57. The highest BCUT2D eigenvalue weighted by molar-refractivity contribution is 9.10. The quantitative estimate of drug-likeness (QED) is 0.892. The van der Waals surface area contributed by atoms with Crippen molar-refractivity contribution in [2.45, 2.75) is 32.6 Å². The summed E-state index contributed by atoms with van der Waals surface area (Å²) in [7, 11) is 0. The normalized spacial score (nSPS) is 14.9. The minimum absolute atomic E-state index is 0.453. The number of pyridine rings is 1. The van der Waals surface area contributed by atoms with Crippen molar-refractivity contribution < 1.29 is 9.53 Å². The highest BCUT2D eigenvalue weighted by Crippen LogP contribution is 2.21. The summed E-state index contributed by atoms with van der Waals surface area (Å²) < 4.78 is 6.08. The van der Waals surface area contributed by atoms with Crippen molar-refractivity contribution in [2.75, 3.05) is 5.32 Å². The predicted molar refractivity (Wildman–Crippen MR) is 73.3 cm³/mol. The van der Waals surface area contributed by atoms with Gasteiger partial charge in [-0.15, -0.1) is 0 Å². The lowest BCUT2D eigenvalue weighted by atomic mass is 10.1. The third-order valence-corrected chi connectivity index (χ3v) is 3.20. The number of carbonyl (C=O) groups is 1. The molecule has 1 aromatic heterocycles. The summed E-state index contributed by atoms with van der Waals surface area (Å²) in [6.45, 7) is 1.84. The van der Waals surface area contributed by atoms with Crippen molar-refractivity contribution in [1.82, 2.24) is 4.98 Å². The third-order valence-electron chi connectivity index (χ3n) is 2.76. The lowest BCUT2D eigenvalue weighted by molar-refractivity contribution is 0.186. The summed E-state index contributed by atoms with van der Waals surface area (Å²) >= 11 is 3.32. The van der Waals surface area contributed by atoms with Gasteiger partial charge in [0.15, 0.2) is 0 Å². The number of hydrogen-bond acceptors (Lipinski definition) is 3. The second kappa shape index (κ2) is 6.00. The van der Waals surface area contributed by atoms with E-state index in [-0.39, 0.29) is 0 Å². The Morgan fingerprint density at radius 2 is 2.33 bits per heavy atom. The maximum atomic E-state index is 11.7. The molecule has 4 nitrogen and oxygen atoms in total. The van der Waals surface area contributed by atoms with Crippen molar-refractivity contribution in [3.63, 3.8) is 0 Å². The summed E-state index contributed by atoms with van der Waals surface area (Å²) in [5.41, 5.74) is 1.42. The molecule has 0 saturated heterocycles. The minimum atomic E-state index is -0.453. The maximum Gasteiger partial charge on any atom is 0.416 e. The number of hydrogen-bond donors (Lipinski definition) is 1. The average Bonchev–Trinajstić information content (AvgIpc) is 2.35. The smallest absolute Gasteiger partial charge is 0.415 e. The van der Waals surface area contributed by atoms with Crippen LogP contribution in [0.5, 0.6) is 0 Å². The summed E-state index contributed by atoms with van der Waals surface area (Å²) in [5.74, 6) is 0.763. The molecule has 0 aliphatic heterocycles. The van der Waals surface area contributed by atoms with Gasteiger partial charge in [-0.1, -0.05) is 0 Å². The summed E-state index contributed by atoms with van der Waals surface area (Å²) in [4.78, 5) is 15.9. The molecule has 0 radical (unpaired) electrons. The Bertz CT molecular complexity index is 486. The second-order valence-electron chi connectivity index (χ2n) is 4.22. The van der Waals surface area contributed by atoms with Gasteiger partial charge in [0.2, 0.25) is 0 Å². The highest BCUT2D eigenvalue weighted by atomic mass is 79.9. The van der Waals surface area contributed by atoms with E-state index in [2.05, 4.69) is 26.2 Å². The van der Waals surface area contributed by atoms with E-state index in [9.17, 15) is 4.79 Å². The van der Waals surface area contributed by atoms with Crippen LogP contribution in [0, 0.1) is 6.92 Å². The van der Waals surface area contributed by atoms with E-state index < -0.39 is 6.09 Å². The Balaban J connectivity index is 1.98. The molecule has 0 spiro atoms. The first-order chi connectivity index (χ1) is 8.65.